The van der Waals surface area contributed by atoms with Crippen molar-refractivity contribution in [3.05, 3.63) is 120 Å². The first kappa shape index (κ1) is 39.2. The van der Waals surface area contributed by atoms with Gasteiger partial charge in [-0.2, -0.15) is 0 Å². The minimum atomic E-state index is -0.847. The lowest BCUT2D eigenvalue weighted by atomic mass is 9.84. The Hall–Kier alpha value is -5.64. The summed E-state index contributed by atoms with van der Waals surface area (Å²) in [5, 5.41) is 5.92. The molecule has 4 rings (SSSR count). The van der Waals surface area contributed by atoms with Crippen LogP contribution >= 0.6 is 0 Å². The topological polar surface area (TPSA) is 117 Å². The van der Waals surface area contributed by atoms with E-state index in [9.17, 15) is 19.2 Å². The normalized spacial score (nSPS) is 12.2. The van der Waals surface area contributed by atoms with Gasteiger partial charge in [0, 0.05) is 47.6 Å². The van der Waals surface area contributed by atoms with Crippen LogP contribution in [0.2, 0.25) is 0 Å². The van der Waals surface area contributed by atoms with Crippen LogP contribution in [0.1, 0.15) is 47.1 Å². The van der Waals surface area contributed by atoms with E-state index in [4.69, 9.17) is 9.47 Å². The quantitative estimate of drug-likeness (QED) is 0.130. The van der Waals surface area contributed by atoms with Gasteiger partial charge in [-0.3, -0.25) is 19.2 Å². The fraction of sp³-hybridized carbons (Fsp3) is 0.333. The molecule has 0 aliphatic carbocycles. The number of nitrogens with one attached hydrogen (secondary N) is 2. The van der Waals surface area contributed by atoms with E-state index in [0.717, 1.165) is 11.1 Å². The number of carbonyl (C=O) groups excluding carboxylic acids is 4. The average molecular weight is 711 g/mol. The van der Waals surface area contributed by atoms with Gasteiger partial charge in [-0.1, -0.05) is 74.5 Å². The maximum Gasteiger partial charge on any atom is 0.249 e. The van der Waals surface area contributed by atoms with Crippen LogP contribution < -0.4 is 29.9 Å². The van der Waals surface area contributed by atoms with Crippen LogP contribution in [0.15, 0.2) is 109 Å². The standard InChI is InChI=1S/C42H50N4O6.2H2/c1-42(2,29-39(48)44-37(27-31-15-11-8-12-16-31)41(50)46(4)33-20-24-35(52-6)25-21-33)28-38(47)43-36(26-17-30-13-9-7-10-14-30)40(49)45(3)32-18-22-34(51-5)23-19-32;;/h7-16,18-25,36-37H,17,26-29H2,1-6H3,(H,43,47)(H,44,48);2*1H/t36-,37-;;/m0../s1. The van der Waals surface area contributed by atoms with Crippen molar-refractivity contribution in [1.82, 2.24) is 10.6 Å². The van der Waals surface area contributed by atoms with E-state index in [2.05, 4.69) is 10.6 Å². The van der Waals surface area contributed by atoms with Gasteiger partial charge in [0.15, 0.2) is 0 Å². The van der Waals surface area contributed by atoms with Crippen molar-refractivity contribution in [3.8, 4) is 11.5 Å². The molecule has 0 radical (unpaired) electrons. The van der Waals surface area contributed by atoms with Gasteiger partial charge < -0.3 is 29.9 Å². The average Bonchev–Trinajstić information content (AvgIpc) is 3.15. The van der Waals surface area contributed by atoms with Crippen molar-refractivity contribution >= 4 is 35.0 Å². The summed E-state index contributed by atoms with van der Waals surface area (Å²) in [5.74, 6) is 0.104. The predicted molar refractivity (Wildman–Crippen MR) is 209 cm³/mol. The predicted octanol–water partition coefficient (Wildman–Crippen LogP) is 6.47. The maximum absolute atomic E-state index is 13.8. The van der Waals surface area contributed by atoms with E-state index in [1.807, 2.05) is 74.5 Å². The van der Waals surface area contributed by atoms with E-state index in [-0.39, 0.29) is 39.3 Å². The fourth-order valence-corrected chi connectivity index (χ4v) is 6.02. The summed E-state index contributed by atoms with van der Waals surface area (Å²) in [4.78, 5) is 57.8. The van der Waals surface area contributed by atoms with Crippen molar-refractivity contribution in [2.45, 2.75) is 58.0 Å². The summed E-state index contributed by atoms with van der Waals surface area (Å²) >= 11 is 0. The zero-order chi connectivity index (χ0) is 37.7. The third-order valence-corrected chi connectivity index (χ3v) is 8.97. The minimum Gasteiger partial charge on any atom is -0.497 e. The zero-order valence-corrected chi connectivity index (χ0v) is 30.9. The Labute approximate surface area is 310 Å². The van der Waals surface area contributed by atoms with Crippen LogP contribution in [0.5, 0.6) is 11.5 Å². The Balaban J connectivity index is 0.00000504. The summed E-state index contributed by atoms with van der Waals surface area (Å²) in [6.07, 6.45) is 1.24. The SMILES string of the molecule is COc1ccc(N(C)C(=O)[C@H](CCc2ccccc2)NC(=O)CC(C)(C)CC(=O)N[C@@H](Cc2ccccc2)C(=O)N(C)c2ccc(OC)cc2)cc1.[HH].[HH]. The fourth-order valence-electron chi connectivity index (χ4n) is 6.02. The van der Waals surface area contributed by atoms with Crippen molar-refractivity contribution in [3.63, 3.8) is 0 Å². The Morgan fingerprint density at radius 1 is 0.615 bits per heavy atom. The van der Waals surface area contributed by atoms with Gasteiger partial charge in [0.2, 0.25) is 23.6 Å². The number of likely N-dealkylation sites (N-methyl/N-ethyl adjacent to an activating group) is 2. The molecule has 10 nitrogen and oxygen atoms in total. The molecule has 4 amide bonds. The highest BCUT2D eigenvalue weighted by Gasteiger charge is 2.32. The number of hydrogen-bond donors (Lipinski definition) is 2. The molecule has 2 N–H and O–H groups in total. The van der Waals surface area contributed by atoms with Gasteiger partial charge in [-0.05, 0) is 77.9 Å². The van der Waals surface area contributed by atoms with Gasteiger partial charge in [0.25, 0.3) is 0 Å². The number of ether oxygens (including phenoxy) is 2. The second kappa shape index (κ2) is 18.6. The highest BCUT2D eigenvalue weighted by molar-refractivity contribution is 6.00. The number of anilines is 2. The van der Waals surface area contributed by atoms with E-state index < -0.39 is 17.5 Å². The monoisotopic (exact) mass is 710 g/mol. The number of hydrogen-bond acceptors (Lipinski definition) is 6. The van der Waals surface area contributed by atoms with Crippen LogP contribution in [0.25, 0.3) is 0 Å². The Morgan fingerprint density at radius 2 is 1.02 bits per heavy atom. The number of amides is 4. The van der Waals surface area contributed by atoms with Crippen molar-refractivity contribution in [1.29, 1.82) is 0 Å². The van der Waals surface area contributed by atoms with E-state index in [1.54, 1.807) is 76.8 Å². The summed E-state index contributed by atoms with van der Waals surface area (Å²) < 4.78 is 10.5. The smallest absolute Gasteiger partial charge is 0.249 e. The van der Waals surface area contributed by atoms with E-state index >= 15 is 0 Å². The van der Waals surface area contributed by atoms with E-state index in [1.165, 1.54) is 9.80 Å². The van der Waals surface area contributed by atoms with Crippen LogP contribution in [-0.2, 0) is 32.0 Å². The van der Waals surface area contributed by atoms with Gasteiger partial charge >= 0.3 is 0 Å². The molecule has 0 saturated heterocycles. The second-order valence-corrected chi connectivity index (χ2v) is 13.7. The molecule has 0 heterocycles. The maximum atomic E-state index is 13.8. The first-order valence-electron chi connectivity index (χ1n) is 17.4. The Kier molecular flexibility index (Phi) is 14.0. The molecule has 0 aliphatic rings. The summed E-state index contributed by atoms with van der Waals surface area (Å²) in [5.41, 5.74) is 2.48. The molecule has 0 bridgehead atoms. The van der Waals surface area contributed by atoms with Crippen LogP contribution in [0, 0.1) is 5.41 Å². The molecule has 4 aromatic carbocycles. The first-order chi connectivity index (χ1) is 24.9. The molecule has 4 aromatic rings. The number of nitrogens with zero attached hydrogens (tertiary/aromatic N) is 2. The molecule has 0 spiro atoms. The molecular weight excluding hydrogens is 656 g/mol. The summed E-state index contributed by atoms with van der Waals surface area (Å²) in [7, 11) is 6.51. The molecule has 2 atom stereocenters. The van der Waals surface area contributed by atoms with Gasteiger partial charge in [0.05, 0.1) is 14.2 Å². The molecule has 0 saturated carbocycles. The summed E-state index contributed by atoms with van der Waals surface area (Å²) in [6.45, 7) is 3.65. The minimum absolute atomic E-state index is 0. The number of benzene rings is 4. The van der Waals surface area contributed by atoms with Crippen molar-refractivity contribution in [2.24, 2.45) is 5.41 Å². The molecule has 0 unspecified atom stereocenters. The third-order valence-electron chi connectivity index (χ3n) is 8.97. The first-order valence-corrected chi connectivity index (χ1v) is 17.4. The third kappa shape index (κ3) is 11.4. The molecule has 52 heavy (non-hydrogen) atoms. The van der Waals surface area contributed by atoms with E-state index in [0.29, 0.717) is 42.1 Å². The Morgan fingerprint density at radius 3 is 1.46 bits per heavy atom. The van der Waals surface area contributed by atoms with Crippen LogP contribution in [0.4, 0.5) is 11.4 Å². The number of rotatable bonds is 17. The molecular formula is C42H54N4O6. The molecule has 278 valence electrons. The lowest BCUT2D eigenvalue weighted by molar-refractivity contribution is -0.131. The van der Waals surface area contributed by atoms with Crippen LogP contribution in [0.3, 0.4) is 0 Å². The lowest BCUT2D eigenvalue weighted by Crippen LogP contribution is -2.50. The molecule has 10 heteroatoms. The second-order valence-electron chi connectivity index (χ2n) is 13.7. The van der Waals surface area contributed by atoms with Crippen molar-refractivity contribution in [2.75, 3.05) is 38.1 Å². The molecule has 0 fully saturated rings. The number of aryl methyl sites for hydroxylation is 1. The molecule has 0 aromatic heterocycles. The highest BCUT2D eigenvalue weighted by atomic mass is 16.5. The van der Waals surface area contributed by atoms with Crippen molar-refractivity contribution < 1.29 is 31.5 Å². The van der Waals surface area contributed by atoms with Crippen LogP contribution in [-0.4, -0.2) is 64.0 Å². The number of carbonyl (C=O) groups is 4. The summed E-state index contributed by atoms with van der Waals surface area (Å²) in [6, 6.07) is 31.9. The van der Waals surface area contributed by atoms with Gasteiger partial charge in [0.1, 0.15) is 23.6 Å². The zero-order valence-electron chi connectivity index (χ0n) is 30.9. The number of methoxy groups -OCH3 is 2. The lowest BCUT2D eigenvalue weighted by Gasteiger charge is -2.29. The molecule has 0 aliphatic heterocycles. The van der Waals surface area contributed by atoms with Gasteiger partial charge in [-0.15, -0.1) is 0 Å². The Bertz CT molecular complexity index is 1770. The highest BCUT2D eigenvalue weighted by Crippen LogP contribution is 2.26. The van der Waals surface area contributed by atoms with Gasteiger partial charge in [-0.25, -0.2) is 0 Å². The largest absolute Gasteiger partial charge is 0.497 e.